The molecule has 3 rings (SSSR count). The number of imidazole rings is 1. The van der Waals surface area contributed by atoms with E-state index in [4.69, 9.17) is 17.3 Å². The number of nitrogens with one attached hydrogen (secondary N) is 3. The molecule has 2 aromatic carbocycles. The molecule has 8 nitrogen and oxygen atoms in total. The van der Waals surface area contributed by atoms with Crippen molar-refractivity contribution in [3.8, 4) is 0 Å². The van der Waals surface area contributed by atoms with Crippen molar-refractivity contribution in [3.63, 3.8) is 0 Å². The summed E-state index contributed by atoms with van der Waals surface area (Å²) in [6, 6.07) is 14.0. The first-order valence-electron chi connectivity index (χ1n) is 9.97. The largest absolute Gasteiger partial charge is 0.386 e. The lowest BCUT2D eigenvalue weighted by atomic mass is 10.1. The van der Waals surface area contributed by atoms with Crippen molar-refractivity contribution in [2.75, 3.05) is 12.4 Å². The van der Waals surface area contributed by atoms with E-state index in [-0.39, 0.29) is 17.7 Å². The Bertz CT molecular complexity index is 1050. The summed E-state index contributed by atoms with van der Waals surface area (Å²) in [6.45, 7) is 0.806. The summed E-state index contributed by atoms with van der Waals surface area (Å²) in [7, 11) is 0. The van der Waals surface area contributed by atoms with Gasteiger partial charge in [0.25, 0.3) is 5.91 Å². The molecule has 0 radical (unpaired) electrons. The van der Waals surface area contributed by atoms with Crippen LogP contribution in [-0.4, -0.2) is 46.1 Å². The van der Waals surface area contributed by atoms with Gasteiger partial charge < -0.3 is 21.4 Å². The van der Waals surface area contributed by atoms with Gasteiger partial charge in [0.15, 0.2) is 0 Å². The molecule has 0 aliphatic carbocycles. The standard InChI is InChI=1S/C22H25ClN6O2/c23-12-20(24)25-10-4-7-18(22(31)26-13-15-5-2-1-3-6-15)29-21(30)16-8-9-17-19(11-16)28-14-27-17/h1-3,5-6,8-9,11,14,18H,4,7,10,12-13H2,(H2,24,25)(H,26,31)(H,27,28)(H,29,30)/t18-/m0/s1. The molecule has 0 unspecified atom stereocenters. The fourth-order valence-electron chi connectivity index (χ4n) is 3.06. The van der Waals surface area contributed by atoms with E-state index in [1.165, 1.54) is 0 Å². The van der Waals surface area contributed by atoms with E-state index in [2.05, 4.69) is 25.6 Å². The van der Waals surface area contributed by atoms with Gasteiger partial charge in [0.1, 0.15) is 11.9 Å². The van der Waals surface area contributed by atoms with Gasteiger partial charge in [0, 0.05) is 18.7 Å². The number of amides is 2. The van der Waals surface area contributed by atoms with Crippen LogP contribution in [0.5, 0.6) is 0 Å². The number of hydrogen-bond donors (Lipinski definition) is 4. The number of aromatic amines is 1. The summed E-state index contributed by atoms with van der Waals surface area (Å²) in [5.74, 6) is -0.0775. The molecule has 0 aliphatic rings. The minimum absolute atomic E-state index is 0.161. The highest BCUT2D eigenvalue weighted by Crippen LogP contribution is 2.12. The summed E-state index contributed by atoms with van der Waals surface area (Å²) in [6.07, 6.45) is 2.55. The van der Waals surface area contributed by atoms with Crippen LogP contribution >= 0.6 is 11.6 Å². The third-order valence-electron chi connectivity index (χ3n) is 4.72. The average Bonchev–Trinajstić information content (AvgIpc) is 3.27. The zero-order chi connectivity index (χ0) is 22.1. The van der Waals surface area contributed by atoms with Gasteiger partial charge in [-0.05, 0) is 36.6 Å². The predicted molar refractivity (Wildman–Crippen MR) is 122 cm³/mol. The van der Waals surface area contributed by atoms with Gasteiger partial charge in [-0.1, -0.05) is 30.3 Å². The molecule has 31 heavy (non-hydrogen) atoms. The summed E-state index contributed by atoms with van der Waals surface area (Å²) in [4.78, 5) is 36.9. The van der Waals surface area contributed by atoms with E-state index in [0.29, 0.717) is 37.3 Å². The maximum atomic E-state index is 12.8. The van der Waals surface area contributed by atoms with E-state index in [1.807, 2.05) is 30.3 Å². The molecule has 0 bridgehead atoms. The van der Waals surface area contributed by atoms with Crippen LogP contribution in [0.2, 0.25) is 0 Å². The summed E-state index contributed by atoms with van der Waals surface area (Å²) < 4.78 is 0. The lowest BCUT2D eigenvalue weighted by Crippen LogP contribution is -2.46. The Kier molecular flexibility index (Phi) is 8.00. The molecule has 0 aliphatic heterocycles. The van der Waals surface area contributed by atoms with Crippen molar-refractivity contribution < 1.29 is 9.59 Å². The first-order chi connectivity index (χ1) is 15.1. The number of H-pyrrole nitrogens is 1. The van der Waals surface area contributed by atoms with Gasteiger partial charge in [-0.15, -0.1) is 11.6 Å². The lowest BCUT2D eigenvalue weighted by molar-refractivity contribution is -0.123. The van der Waals surface area contributed by atoms with E-state index in [1.54, 1.807) is 24.5 Å². The van der Waals surface area contributed by atoms with Crippen LogP contribution in [-0.2, 0) is 11.3 Å². The number of alkyl halides is 1. The molecular formula is C22H25ClN6O2. The molecule has 2 amide bonds. The van der Waals surface area contributed by atoms with Gasteiger partial charge in [0.2, 0.25) is 5.91 Å². The number of aromatic nitrogens is 2. The lowest BCUT2D eigenvalue weighted by Gasteiger charge is -2.18. The maximum Gasteiger partial charge on any atom is 0.252 e. The smallest absolute Gasteiger partial charge is 0.252 e. The number of carbonyl (C=O) groups is 2. The van der Waals surface area contributed by atoms with Gasteiger partial charge in [0.05, 0.1) is 23.2 Å². The Hall–Kier alpha value is -3.39. The van der Waals surface area contributed by atoms with Crippen LogP contribution < -0.4 is 16.4 Å². The average molecular weight is 441 g/mol. The molecule has 0 spiro atoms. The predicted octanol–water partition coefficient (Wildman–Crippen LogP) is 2.35. The van der Waals surface area contributed by atoms with E-state index >= 15 is 0 Å². The van der Waals surface area contributed by atoms with Crippen molar-refractivity contribution in [1.82, 2.24) is 20.6 Å². The second-order valence-electron chi connectivity index (χ2n) is 7.01. The summed E-state index contributed by atoms with van der Waals surface area (Å²) in [5, 5.41) is 5.73. The van der Waals surface area contributed by atoms with Crippen LogP contribution in [0.25, 0.3) is 11.0 Å². The van der Waals surface area contributed by atoms with Gasteiger partial charge >= 0.3 is 0 Å². The molecule has 0 fully saturated rings. The zero-order valence-electron chi connectivity index (χ0n) is 17.0. The quantitative estimate of drug-likeness (QED) is 0.167. The Labute approximate surface area is 185 Å². The van der Waals surface area contributed by atoms with Crippen LogP contribution in [0.15, 0.2) is 59.9 Å². The van der Waals surface area contributed by atoms with Gasteiger partial charge in [-0.25, -0.2) is 4.98 Å². The van der Waals surface area contributed by atoms with Crippen LogP contribution in [0, 0.1) is 0 Å². The summed E-state index contributed by atoms with van der Waals surface area (Å²) >= 11 is 5.63. The van der Waals surface area contributed by atoms with Crippen molar-refractivity contribution in [2.24, 2.45) is 10.7 Å². The molecule has 1 aromatic heterocycles. The molecule has 1 heterocycles. The topological polar surface area (TPSA) is 125 Å². The molecule has 0 saturated carbocycles. The number of hydrogen-bond acceptors (Lipinski definition) is 4. The number of nitrogens with two attached hydrogens (primary N) is 1. The van der Waals surface area contributed by atoms with Crippen molar-refractivity contribution >= 4 is 40.3 Å². The van der Waals surface area contributed by atoms with Crippen LogP contribution in [0.1, 0.15) is 28.8 Å². The maximum absolute atomic E-state index is 12.8. The Morgan fingerprint density at radius 2 is 2.00 bits per heavy atom. The third kappa shape index (κ3) is 6.55. The molecule has 3 aromatic rings. The number of rotatable bonds is 10. The molecule has 1 atom stereocenters. The number of amidine groups is 1. The fourth-order valence-corrected chi connectivity index (χ4v) is 3.14. The highest BCUT2D eigenvalue weighted by atomic mass is 35.5. The molecule has 5 N–H and O–H groups in total. The SMILES string of the molecule is NC(CCl)=NCCC[C@H](NC(=O)c1ccc2nc[nH]c2c1)C(=O)NCc1ccccc1. The second-order valence-corrected chi connectivity index (χ2v) is 7.28. The Morgan fingerprint density at radius 3 is 2.77 bits per heavy atom. The van der Waals surface area contributed by atoms with Crippen molar-refractivity contribution in [2.45, 2.75) is 25.4 Å². The third-order valence-corrected chi connectivity index (χ3v) is 4.99. The highest BCUT2D eigenvalue weighted by molar-refractivity contribution is 6.27. The fraction of sp³-hybridized carbons (Fsp3) is 0.273. The number of fused-ring (bicyclic) bond motifs is 1. The van der Waals surface area contributed by atoms with E-state index in [9.17, 15) is 9.59 Å². The zero-order valence-corrected chi connectivity index (χ0v) is 17.7. The Morgan fingerprint density at radius 1 is 1.19 bits per heavy atom. The van der Waals surface area contributed by atoms with Crippen LogP contribution in [0.4, 0.5) is 0 Å². The normalized spacial score (nSPS) is 12.5. The molecule has 162 valence electrons. The Balaban J connectivity index is 1.65. The van der Waals surface area contributed by atoms with Crippen molar-refractivity contribution in [3.05, 3.63) is 66.0 Å². The highest BCUT2D eigenvalue weighted by Gasteiger charge is 2.21. The minimum Gasteiger partial charge on any atom is -0.386 e. The first kappa shape index (κ1) is 22.3. The monoisotopic (exact) mass is 440 g/mol. The number of aliphatic imine (C=N–C) groups is 1. The van der Waals surface area contributed by atoms with E-state index < -0.39 is 6.04 Å². The number of carbonyl (C=O) groups excluding carboxylic acids is 2. The first-order valence-corrected chi connectivity index (χ1v) is 10.5. The number of nitrogens with zero attached hydrogens (tertiary/aromatic N) is 2. The second kappa shape index (κ2) is 11.1. The van der Waals surface area contributed by atoms with Crippen LogP contribution in [0.3, 0.4) is 0 Å². The summed E-state index contributed by atoms with van der Waals surface area (Å²) in [5.41, 5.74) is 8.56. The molecule has 0 saturated heterocycles. The minimum atomic E-state index is -0.707. The van der Waals surface area contributed by atoms with Gasteiger partial charge in [-0.3, -0.25) is 14.6 Å². The number of halogens is 1. The van der Waals surface area contributed by atoms with Gasteiger partial charge in [-0.2, -0.15) is 0 Å². The van der Waals surface area contributed by atoms with E-state index in [0.717, 1.165) is 16.6 Å². The molecule has 9 heteroatoms. The number of benzene rings is 2. The van der Waals surface area contributed by atoms with Crippen molar-refractivity contribution in [1.29, 1.82) is 0 Å². The molecular weight excluding hydrogens is 416 g/mol.